The molecule has 1 aromatic carbocycles. The molecule has 3 nitrogen and oxygen atoms in total. The van der Waals surface area contributed by atoms with E-state index >= 15 is 0 Å². The first kappa shape index (κ1) is 16.0. The number of benzene rings is 1. The quantitative estimate of drug-likeness (QED) is 0.794. The van der Waals surface area contributed by atoms with Gasteiger partial charge < -0.3 is 0 Å². The maximum atomic E-state index is 11.9. The van der Waals surface area contributed by atoms with E-state index in [4.69, 9.17) is 0 Å². The molecule has 0 heterocycles. The minimum atomic E-state index is -4.14. The Labute approximate surface area is 133 Å². The first-order valence-electron chi connectivity index (χ1n) is 8.67. The van der Waals surface area contributed by atoms with Crippen LogP contribution in [0.1, 0.15) is 87.2 Å². The van der Waals surface area contributed by atoms with Crippen LogP contribution in [-0.2, 0) is 10.1 Å². The lowest BCUT2D eigenvalue weighted by molar-refractivity contribution is 0.412. The highest BCUT2D eigenvalue weighted by Crippen LogP contribution is 2.43. The standard InChI is InChI=1S/C18H26O3S/c19-22(20,21)17-13-7-12-16(14-8-3-1-4-9-14)18(17)15-10-5-2-6-11-15/h7,12-15H,1-6,8-11H2,(H,19,20,21). The highest BCUT2D eigenvalue weighted by atomic mass is 32.2. The molecule has 0 bridgehead atoms. The molecule has 2 saturated carbocycles. The molecule has 0 radical (unpaired) electrons. The van der Waals surface area contributed by atoms with Gasteiger partial charge in [0.05, 0.1) is 4.90 Å². The predicted octanol–water partition coefficient (Wildman–Crippen LogP) is 5.03. The molecule has 0 atom stereocenters. The summed E-state index contributed by atoms with van der Waals surface area (Å²) in [6, 6.07) is 5.50. The third-order valence-electron chi connectivity index (χ3n) is 5.44. The zero-order valence-corrected chi connectivity index (χ0v) is 13.9. The average molecular weight is 322 g/mol. The van der Waals surface area contributed by atoms with Crippen LogP contribution in [0.5, 0.6) is 0 Å². The van der Waals surface area contributed by atoms with Crippen LogP contribution in [0.3, 0.4) is 0 Å². The zero-order chi connectivity index (χ0) is 15.6. The van der Waals surface area contributed by atoms with Crippen LogP contribution in [0.4, 0.5) is 0 Å². The third kappa shape index (κ3) is 3.38. The summed E-state index contributed by atoms with van der Waals surface area (Å²) in [5, 5.41) is 0. The SMILES string of the molecule is O=S(=O)(O)c1cccc(C2CCCCC2)c1C1CCCCC1. The van der Waals surface area contributed by atoms with E-state index in [9.17, 15) is 13.0 Å². The van der Waals surface area contributed by atoms with E-state index in [2.05, 4.69) is 6.07 Å². The van der Waals surface area contributed by atoms with Gasteiger partial charge in [-0.25, -0.2) is 0 Å². The lowest BCUT2D eigenvalue weighted by Crippen LogP contribution is -2.16. The van der Waals surface area contributed by atoms with Gasteiger partial charge in [-0.2, -0.15) is 8.42 Å². The van der Waals surface area contributed by atoms with Crippen molar-refractivity contribution in [2.24, 2.45) is 0 Å². The normalized spacial score (nSPS) is 21.9. The summed E-state index contributed by atoms with van der Waals surface area (Å²) in [6.07, 6.45) is 11.7. The molecule has 0 spiro atoms. The van der Waals surface area contributed by atoms with Crippen LogP contribution in [0.25, 0.3) is 0 Å². The molecule has 3 rings (SSSR count). The Morgan fingerprint density at radius 1 is 0.818 bits per heavy atom. The summed E-state index contributed by atoms with van der Waals surface area (Å²) in [5.74, 6) is 0.760. The topological polar surface area (TPSA) is 54.4 Å². The van der Waals surface area contributed by atoms with Crippen molar-refractivity contribution in [3.63, 3.8) is 0 Å². The molecule has 0 amide bonds. The molecule has 0 saturated heterocycles. The Kier molecular flexibility index (Phi) is 4.88. The maximum Gasteiger partial charge on any atom is 0.294 e. The summed E-state index contributed by atoms with van der Waals surface area (Å²) in [5.41, 5.74) is 2.14. The van der Waals surface area contributed by atoms with Crippen LogP contribution in [0.2, 0.25) is 0 Å². The highest BCUT2D eigenvalue weighted by Gasteiger charge is 2.29. The predicted molar refractivity (Wildman–Crippen MR) is 87.9 cm³/mol. The van der Waals surface area contributed by atoms with Gasteiger partial charge in [-0.05, 0) is 54.7 Å². The van der Waals surface area contributed by atoms with Gasteiger partial charge in [-0.15, -0.1) is 0 Å². The Morgan fingerprint density at radius 2 is 1.36 bits per heavy atom. The molecule has 0 unspecified atom stereocenters. The van der Waals surface area contributed by atoms with E-state index in [1.165, 1.54) is 31.2 Å². The molecular weight excluding hydrogens is 296 g/mol. The highest BCUT2D eigenvalue weighted by molar-refractivity contribution is 7.85. The van der Waals surface area contributed by atoms with Crippen molar-refractivity contribution in [2.45, 2.75) is 80.9 Å². The molecule has 0 aromatic heterocycles. The molecule has 0 aliphatic heterocycles. The largest absolute Gasteiger partial charge is 0.294 e. The van der Waals surface area contributed by atoms with E-state index in [1.807, 2.05) is 0 Å². The van der Waals surface area contributed by atoms with Gasteiger partial charge in [0.2, 0.25) is 0 Å². The second kappa shape index (κ2) is 6.71. The van der Waals surface area contributed by atoms with Gasteiger partial charge in [0.1, 0.15) is 0 Å². The van der Waals surface area contributed by atoms with Gasteiger partial charge in [0.25, 0.3) is 10.1 Å². The van der Waals surface area contributed by atoms with E-state index in [1.54, 1.807) is 12.1 Å². The second-order valence-electron chi connectivity index (χ2n) is 6.90. The summed E-state index contributed by atoms with van der Waals surface area (Å²) in [7, 11) is -4.14. The molecule has 4 heteroatoms. The molecular formula is C18H26O3S. The Morgan fingerprint density at radius 3 is 1.91 bits per heavy atom. The lowest BCUT2D eigenvalue weighted by atomic mass is 9.76. The minimum absolute atomic E-state index is 0.169. The Balaban J connectivity index is 2.07. The van der Waals surface area contributed by atoms with Crippen LogP contribution in [0.15, 0.2) is 23.1 Å². The summed E-state index contributed by atoms with van der Waals surface area (Å²) in [6.45, 7) is 0. The van der Waals surface area contributed by atoms with Gasteiger partial charge in [0, 0.05) is 0 Å². The van der Waals surface area contributed by atoms with Gasteiger partial charge in [-0.3, -0.25) is 4.55 Å². The Hall–Kier alpha value is -0.870. The maximum absolute atomic E-state index is 11.9. The van der Waals surface area contributed by atoms with Gasteiger partial charge in [-0.1, -0.05) is 50.7 Å². The van der Waals surface area contributed by atoms with E-state index in [0.717, 1.165) is 44.1 Å². The first-order valence-corrected chi connectivity index (χ1v) is 10.1. The molecule has 22 heavy (non-hydrogen) atoms. The zero-order valence-electron chi connectivity index (χ0n) is 13.1. The number of rotatable bonds is 3. The van der Waals surface area contributed by atoms with E-state index in [-0.39, 0.29) is 4.90 Å². The fourth-order valence-electron chi connectivity index (χ4n) is 4.38. The molecule has 122 valence electrons. The smallest absolute Gasteiger partial charge is 0.282 e. The fourth-order valence-corrected chi connectivity index (χ4v) is 5.20. The minimum Gasteiger partial charge on any atom is -0.282 e. The van der Waals surface area contributed by atoms with Crippen LogP contribution in [-0.4, -0.2) is 13.0 Å². The van der Waals surface area contributed by atoms with E-state index < -0.39 is 10.1 Å². The van der Waals surface area contributed by atoms with Crippen LogP contribution >= 0.6 is 0 Å². The lowest BCUT2D eigenvalue weighted by Gasteiger charge is -2.30. The number of hydrogen-bond acceptors (Lipinski definition) is 2. The molecule has 2 fully saturated rings. The summed E-state index contributed by atoms with van der Waals surface area (Å²) in [4.78, 5) is 0.169. The molecule has 2 aliphatic rings. The van der Waals surface area contributed by atoms with Crippen LogP contribution in [0, 0.1) is 0 Å². The monoisotopic (exact) mass is 322 g/mol. The molecule has 2 aliphatic carbocycles. The van der Waals surface area contributed by atoms with Crippen LogP contribution < -0.4 is 0 Å². The van der Waals surface area contributed by atoms with Crippen molar-refractivity contribution in [2.75, 3.05) is 0 Å². The van der Waals surface area contributed by atoms with E-state index in [0.29, 0.717) is 11.8 Å². The number of hydrogen-bond donors (Lipinski definition) is 1. The van der Waals surface area contributed by atoms with Crippen molar-refractivity contribution < 1.29 is 13.0 Å². The summed E-state index contributed by atoms with van der Waals surface area (Å²) < 4.78 is 33.5. The third-order valence-corrected chi connectivity index (χ3v) is 6.35. The first-order chi connectivity index (χ1) is 10.6. The van der Waals surface area contributed by atoms with Crippen molar-refractivity contribution in [3.8, 4) is 0 Å². The van der Waals surface area contributed by atoms with Gasteiger partial charge in [0.15, 0.2) is 0 Å². The average Bonchev–Trinajstić information content (AvgIpc) is 2.55. The van der Waals surface area contributed by atoms with Gasteiger partial charge >= 0.3 is 0 Å². The molecule has 1 N–H and O–H groups in total. The van der Waals surface area contributed by atoms with Crippen molar-refractivity contribution in [3.05, 3.63) is 29.3 Å². The Bertz CT molecular complexity index is 609. The summed E-state index contributed by atoms with van der Waals surface area (Å²) >= 11 is 0. The second-order valence-corrected chi connectivity index (χ2v) is 8.29. The van der Waals surface area contributed by atoms with Crippen molar-refractivity contribution >= 4 is 10.1 Å². The fraction of sp³-hybridized carbons (Fsp3) is 0.667. The molecule has 1 aromatic rings. The van der Waals surface area contributed by atoms with Crippen molar-refractivity contribution in [1.82, 2.24) is 0 Å². The van der Waals surface area contributed by atoms with Crippen molar-refractivity contribution in [1.29, 1.82) is 0 Å².